The molecule has 1 amide bonds. The van der Waals surface area contributed by atoms with Crippen LogP contribution >= 0.6 is 0 Å². The fourth-order valence-electron chi connectivity index (χ4n) is 2.90. The van der Waals surface area contributed by atoms with Crippen molar-refractivity contribution in [3.8, 4) is 17.2 Å². The molecule has 0 saturated heterocycles. The minimum absolute atomic E-state index is 0.0560. The molecule has 0 aromatic heterocycles. The SMILES string of the molecule is COc1ccc(NC(=O)c2ccc(OS(=O)(=O)c3cc([N+](=O)[O-])ccc3C)cc2)c(OC)c1. The molecule has 0 unspecified atom stereocenters. The highest BCUT2D eigenvalue weighted by atomic mass is 32.2. The number of benzene rings is 3. The second kappa shape index (κ2) is 9.57. The lowest BCUT2D eigenvalue weighted by molar-refractivity contribution is -0.385. The highest BCUT2D eigenvalue weighted by molar-refractivity contribution is 7.87. The van der Waals surface area contributed by atoms with Crippen molar-refractivity contribution >= 4 is 27.4 Å². The second-order valence-electron chi connectivity index (χ2n) is 6.79. The van der Waals surface area contributed by atoms with E-state index in [1.54, 1.807) is 18.2 Å². The van der Waals surface area contributed by atoms with Gasteiger partial charge in [0.15, 0.2) is 0 Å². The van der Waals surface area contributed by atoms with Gasteiger partial charge in [-0.1, -0.05) is 6.07 Å². The highest BCUT2D eigenvalue weighted by Gasteiger charge is 2.23. The van der Waals surface area contributed by atoms with Gasteiger partial charge in [0, 0.05) is 23.8 Å². The Morgan fingerprint density at radius 1 is 0.939 bits per heavy atom. The highest BCUT2D eigenvalue weighted by Crippen LogP contribution is 2.30. The van der Waals surface area contributed by atoms with Crippen LogP contribution in [0.4, 0.5) is 11.4 Å². The van der Waals surface area contributed by atoms with Gasteiger partial charge < -0.3 is 19.0 Å². The van der Waals surface area contributed by atoms with Crippen LogP contribution in [0.5, 0.6) is 17.2 Å². The van der Waals surface area contributed by atoms with E-state index in [0.29, 0.717) is 22.7 Å². The van der Waals surface area contributed by atoms with E-state index in [1.165, 1.54) is 57.5 Å². The average Bonchev–Trinajstić information content (AvgIpc) is 2.79. The fourth-order valence-corrected chi connectivity index (χ4v) is 4.08. The maximum atomic E-state index is 12.6. The van der Waals surface area contributed by atoms with E-state index in [-0.39, 0.29) is 21.9 Å². The Labute approximate surface area is 190 Å². The van der Waals surface area contributed by atoms with E-state index in [2.05, 4.69) is 5.32 Å². The van der Waals surface area contributed by atoms with Crippen LogP contribution in [0.1, 0.15) is 15.9 Å². The van der Waals surface area contributed by atoms with Gasteiger partial charge in [-0.3, -0.25) is 14.9 Å². The molecule has 0 heterocycles. The number of non-ortho nitro benzene ring substituents is 1. The Morgan fingerprint density at radius 2 is 1.61 bits per heavy atom. The number of carbonyl (C=O) groups is 1. The van der Waals surface area contributed by atoms with Gasteiger partial charge in [0.2, 0.25) is 0 Å². The zero-order valence-corrected chi connectivity index (χ0v) is 18.7. The molecule has 0 saturated carbocycles. The maximum Gasteiger partial charge on any atom is 0.339 e. The van der Waals surface area contributed by atoms with Crippen molar-refractivity contribution in [3.05, 3.63) is 81.9 Å². The topological polar surface area (TPSA) is 134 Å². The number of nitro groups is 1. The van der Waals surface area contributed by atoms with Crippen LogP contribution in [0, 0.1) is 17.0 Å². The van der Waals surface area contributed by atoms with Gasteiger partial charge in [-0.05, 0) is 48.9 Å². The summed E-state index contributed by atoms with van der Waals surface area (Å²) in [6.07, 6.45) is 0. The summed E-state index contributed by atoms with van der Waals surface area (Å²) in [5.74, 6) is 0.453. The van der Waals surface area contributed by atoms with Crippen molar-refractivity contribution in [2.45, 2.75) is 11.8 Å². The molecule has 0 aliphatic carbocycles. The molecule has 33 heavy (non-hydrogen) atoms. The zero-order valence-electron chi connectivity index (χ0n) is 17.9. The number of nitrogens with one attached hydrogen (secondary N) is 1. The predicted molar refractivity (Wildman–Crippen MR) is 120 cm³/mol. The normalized spacial score (nSPS) is 10.9. The number of amides is 1. The van der Waals surface area contributed by atoms with Crippen molar-refractivity contribution in [2.24, 2.45) is 0 Å². The molecule has 3 rings (SSSR count). The third-order valence-electron chi connectivity index (χ3n) is 4.63. The Hall–Kier alpha value is -4.12. The van der Waals surface area contributed by atoms with Crippen molar-refractivity contribution in [2.75, 3.05) is 19.5 Å². The number of aryl methyl sites for hydroxylation is 1. The Balaban J connectivity index is 1.77. The van der Waals surface area contributed by atoms with E-state index in [4.69, 9.17) is 13.7 Å². The van der Waals surface area contributed by atoms with Gasteiger partial charge in [0.1, 0.15) is 22.1 Å². The van der Waals surface area contributed by atoms with E-state index in [1.807, 2.05) is 0 Å². The van der Waals surface area contributed by atoms with Gasteiger partial charge >= 0.3 is 10.1 Å². The number of rotatable bonds is 8. The van der Waals surface area contributed by atoms with Crippen LogP contribution in [0.25, 0.3) is 0 Å². The largest absolute Gasteiger partial charge is 0.497 e. The second-order valence-corrected chi connectivity index (χ2v) is 8.30. The van der Waals surface area contributed by atoms with Crippen LogP contribution in [0.2, 0.25) is 0 Å². The smallest absolute Gasteiger partial charge is 0.339 e. The van der Waals surface area contributed by atoms with Crippen molar-refractivity contribution in [1.82, 2.24) is 0 Å². The minimum Gasteiger partial charge on any atom is -0.497 e. The molecule has 0 bridgehead atoms. The van der Waals surface area contributed by atoms with Gasteiger partial charge in [-0.15, -0.1) is 0 Å². The van der Waals surface area contributed by atoms with Gasteiger partial charge in [-0.25, -0.2) is 0 Å². The monoisotopic (exact) mass is 472 g/mol. The quantitative estimate of drug-likeness (QED) is 0.296. The summed E-state index contributed by atoms with van der Waals surface area (Å²) in [6.45, 7) is 1.50. The molecule has 11 heteroatoms. The first-order chi connectivity index (χ1) is 15.6. The summed E-state index contributed by atoms with van der Waals surface area (Å²) in [5, 5.41) is 13.7. The third kappa shape index (κ3) is 5.39. The number of hydrogen-bond donors (Lipinski definition) is 1. The first-order valence-corrected chi connectivity index (χ1v) is 10.9. The molecule has 172 valence electrons. The summed E-state index contributed by atoms with van der Waals surface area (Å²) >= 11 is 0. The van der Waals surface area contributed by atoms with Crippen LogP contribution in [0.3, 0.4) is 0 Å². The number of carbonyl (C=O) groups excluding carboxylic acids is 1. The predicted octanol–water partition coefficient (Wildman–Crippen LogP) is 3.94. The molecule has 0 atom stereocenters. The number of ether oxygens (including phenoxy) is 2. The standard InChI is InChI=1S/C22H20N2O8S/c1-14-4-7-16(24(26)27)12-21(14)33(28,29)32-17-8-5-15(6-9-17)22(25)23-19-11-10-18(30-2)13-20(19)31-3/h4-13H,1-3H3,(H,23,25). The summed E-state index contributed by atoms with van der Waals surface area (Å²) < 4.78 is 40.7. The summed E-state index contributed by atoms with van der Waals surface area (Å²) in [6, 6.07) is 13.8. The zero-order chi connectivity index (χ0) is 24.2. The molecule has 0 fully saturated rings. The van der Waals surface area contributed by atoms with Gasteiger partial charge in [0.05, 0.1) is 24.8 Å². The third-order valence-corrected chi connectivity index (χ3v) is 6.02. The van der Waals surface area contributed by atoms with E-state index < -0.39 is 20.9 Å². The van der Waals surface area contributed by atoms with Crippen LogP contribution in [-0.2, 0) is 10.1 Å². The summed E-state index contributed by atoms with van der Waals surface area (Å²) in [4.78, 5) is 22.5. The van der Waals surface area contributed by atoms with E-state index in [0.717, 1.165) is 6.07 Å². The number of nitro benzene ring substituents is 1. The Morgan fingerprint density at radius 3 is 2.21 bits per heavy atom. The lowest BCUT2D eigenvalue weighted by atomic mass is 10.2. The molecule has 3 aromatic rings. The first kappa shape index (κ1) is 23.5. The molecule has 0 aliphatic heterocycles. The van der Waals surface area contributed by atoms with E-state index in [9.17, 15) is 23.3 Å². The molecule has 0 radical (unpaired) electrons. The van der Waals surface area contributed by atoms with Gasteiger partial charge in [-0.2, -0.15) is 8.42 Å². The number of nitrogens with zero attached hydrogens (tertiary/aromatic N) is 1. The van der Waals surface area contributed by atoms with Crippen molar-refractivity contribution in [1.29, 1.82) is 0 Å². The molecule has 3 aromatic carbocycles. The Bertz CT molecular complexity index is 1300. The average molecular weight is 472 g/mol. The van der Waals surface area contributed by atoms with Crippen LogP contribution < -0.4 is 19.0 Å². The maximum absolute atomic E-state index is 12.6. The molecule has 0 aliphatic rings. The molecular formula is C22H20N2O8S. The summed E-state index contributed by atoms with van der Waals surface area (Å²) in [7, 11) is -1.36. The van der Waals surface area contributed by atoms with Crippen molar-refractivity contribution in [3.63, 3.8) is 0 Å². The van der Waals surface area contributed by atoms with Gasteiger partial charge in [0.25, 0.3) is 11.6 Å². The lowest BCUT2D eigenvalue weighted by Crippen LogP contribution is -2.14. The molecular weight excluding hydrogens is 452 g/mol. The minimum atomic E-state index is -4.33. The Kier molecular flexibility index (Phi) is 6.83. The number of anilines is 1. The fraction of sp³-hybridized carbons (Fsp3) is 0.136. The first-order valence-electron chi connectivity index (χ1n) is 9.47. The molecule has 0 spiro atoms. The van der Waals surface area contributed by atoms with Crippen molar-refractivity contribution < 1.29 is 31.8 Å². The van der Waals surface area contributed by atoms with Crippen LogP contribution in [-0.4, -0.2) is 33.5 Å². The van der Waals surface area contributed by atoms with Crippen LogP contribution in [0.15, 0.2) is 65.6 Å². The molecule has 10 nitrogen and oxygen atoms in total. The molecule has 1 N–H and O–H groups in total. The number of methoxy groups -OCH3 is 2. The summed E-state index contributed by atoms with van der Waals surface area (Å²) in [5.41, 5.74) is 0.588. The van der Waals surface area contributed by atoms with E-state index >= 15 is 0 Å². The number of hydrogen-bond acceptors (Lipinski definition) is 8. The lowest BCUT2D eigenvalue weighted by Gasteiger charge is -2.12.